The molecule has 0 spiro atoms. The highest BCUT2D eigenvalue weighted by molar-refractivity contribution is 5.22. The Hall–Kier alpha value is -0.960. The molecule has 1 aromatic rings. The first-order chi connectivity index (χ1) is 5.24. The highest BCUT2D eigenvalue weighted by Crippen LogP contribution is 2.10. The van der Waals surface area contributed by atoms with Crippen molar-refractivity contribution < 1.29 is 13.9 Å². The van der Waals surface area contributed by atoms with Crippen LogP contribution in [0, 0.1) is 12.7 Å². The maximum absolute atomic E-state index is 12.8. The van der Waals surface area contributed by atoms with Crippen LogP contribution in [0.25, 0.3) is 0 Å². The van der Waals surface area contributed by atoms with E-state index in [0.29, 0.717) is 0 Å². The van der Waals surface area contributed by atoms with Crippen LogP contribution in [0.5, 0.6) is 0 Å². The van der Waals surface area contributed by atoms with Crippen LogP contribution in [-0.2, 0) is 11.5 Å². The van der Waals surface area contributed by atoms with Crippen molar-refractivity contribution in [2.24, 2.45) is 0 Å². The summed E-state index contributed by atoms with van der Waals surface area (Å²) in [7, 11) is 0. The summed E-state index contributed by atoms with van der Waals surface area (Å²) in [5.41, 5.74) is 1.04. The molecule has 0 bridgehead atoms. The monoisotopic (exact) mass is 158 g/mol. The summed E-state index contributed by atoms with van der Waals surface area (Å²) < 4.78 is 24.1. The molecule has 0 aromatic heterocycles. The van der Waals surface area contributed by atoms with Crippen LogP contribution in [0.1, 0.15) is 11.1 Å². The first-order valence-electron chi connectivity index (χ1n) is 3.22. The molecule has 0 heterocycles. The van der Waals surface area contributed by atoms with E-state index in [2.05, 4.69) is 4.94 Å². The summed E-state index contributed by atoms with van der Waals surface area (Å²) >= 11 is 0. The second kappa shape index (κ2) is 3.44. The standard InChI is InChI=1S/C8H8F2O/c1-6-2-3-7(5-11-10)8(9)4-6/h2-4H,5H2,1H3. The molecule has 0 aliphatic heterocycles. The predicted octanol–water partition coefficient (Wildman–Crippen LogP) is 2.54. The first-order valence-corrected chi connectivity index (χ1v) is 3.22. The molecule has 0 unspecified atom stereocenters. The molecular formula is C8H8F2O. The van der Waals surface area contributed by atoms with E-state index in [9.17, 15) is 8.92 Å². The minimum atomic E-state index is -0.428. The summed E-state index contributed by atoms with van der Waals surface area (Å²) in [5.74, 6) is -0.428. The van der Waals surface area contributed by atoms with Gasteiger partial charge in [-0.1, -0.05) is 12.1 Å². The molecule has 0 amide bonds. The van der Waals surface area contributed by atoms with Gasteiger partial charge in [-0.25, -0.2) is 4.39 Å². The van der Waals surface area contributed by atoms with Crippen LogP contribution in [-0.4, -0.2) is 0 Å². The Bertz CT molecular complexity index is 248. The maximum Gasteiger partial charge on any atom is 0.129 e. The maximum atomic E-state index is 12.8. The Morgan fingerprint density at radius 1 is 1.45 bits per heavy atom. The topological polar surface area (TPSA) is 9.23 Å². The molecule has 1 nitrogen and oxygen atoms in total. The van der Waals surface area contributed by atoms with Crippen molar-refractivity contribution in [2.75, 3.05) is 0 Å². The highest BCUT2D eigenvalue weighted by atomic mass is 19.3. The zero-order valence-electron chi connectivity index (χ0n) is 6.10. The Balaban J connectivity index is 2.90. The lowest BCUT2D eigenvalue weighted by Gasteiger charge is -1.99. The van der Waals surface area contributed by atoms with Gasteiger partial charge < -0.3 is 0 Å². The van der Waals surface area contributed by atoms with E-state index >= 15 is 0 Å². The van der Waals surface area contributed by atoms with Crippen LogP contribution < -0.4 is 0 Å². The number of rotatable bonds is 2. The summed E-state index contributed by atoms with van der Waals surface area (Å²) in [6.07, 6.45) is 0. The number of halogens is 2. The Morgan fingerprint density at radius 2 is 2.18 bits per heavy atom. The summed E-state index contributed by atoms with van der Waals surface area (Å²) in [5, 5.41) is 0. The SMILES string of the molecule is Cc1ccc(COF)c(F)c1. The molecule has 0 radical (unpaired) electrons. The van der Waals surface area contributed by atoms with Gasteiger partial charge in [0.1, 0.15) is 12.4 Å². The van der Waals surface area contributed by atoms with Crippen LogP contribution in [0.3, 0.4) is 0 Å². The molecule has 0 atom stereocenters. The molecule has 0 fully saturated rings. The third-order valence-corrected chi connectivity index (χ3v) is 1.42. The average molecular weight is 158 g/mol. The van der Waals surface area contributed by atoms with Crippen molar-refractivity contribution in [3.63, 3.8) is 0 Å². The smallest absolute Gasteiger partial charge is 0.129 e. The molecule has 60 valence electrons. The summed E-state index contributed by atoms with van der Waals surface area (Å²) in [4.78, 5) is 3.31. The van der Waals surface area contributed by atoms with Crippen molar-refractivity contribution in [2.45, 2.75) is 13.5 Å². The number of hydrogen-bond acceptors (Lipinski definition) is 1. The van der Waals surface area contributed by atoms with Gasteiger partial charge in [0.25, 0.3) is 0 Å². The van der Waals surface area contributed by atoms with Gasteiger partial charge in [-0.3, -0.25) is 0 Å². The number of aryl methyl sites for hydroxylation is 1. The van der Waals surface area contributed by atoms with E-state index in [1.165, 1.54) is 12.1 Å². The van der Waals surface area contributed by atoms with Gasteiger partial charge in [-0.05, 0) is 23.1 Å². The molecule has 0 N–H and O–H groups in total. The lowest BCUT2D eigenvalue weighted by molar-refractivity contribution is -0.144. The van der Waals surface area contributed by atoms with Gasteiger partial charge in [-0.15, -0.1) is 0 Å². The van der Waals surface area contributed by atoms with E-state index < -0.39 is 5.82 Å². The van der Waals surface area contributed by atoms with Gasteiger partial charge >= 0.3 is 0 Å². The van der Waals surface area contributed by atoms with E-state index in [4.69, 9.17) is 0 Å². The zero-order valence-corrected chi connectivity index (χ0v) is 6.10. The van der Waals surface area contributed by atoms with Gasteiger partial charge in [0.15, 0.2) is 0 Å². The second-order valence-electron chi connectivity index (χ2n) is 2.35. The highest BCUT2D eigenvalue weighted by Gasteiger charge is 2.01. The van der Waals surface area contributed by atoms with Crippen LogP contribution >= 0.6 is 0 Å². The predicted molar refractivity (Wildman–Crippen MR) is 37.0 cm³/mol. The molecule has 0 saturated carbocycles. The quantitative estimate of drug-likeness (QED) is 0.642. The molecule has 11 heavy (non-hydrogen) atoms. The molecule has 1 aromatic carbocycles. The summed E-state index contributed by atoms with van der Waals surface area (Å²) in [6, 6.07) is 4.55. The normalized spacial score (nSPS) is 10.1. The van der Waals surface area contributed by atoms with E-state index in [0.717, 1.165) is 5.56 Å². The number of benzene rings is 1. The van der Waals surface area contributed by atoms with Crippen molar-refractivity contribution >= 4 is 0 Å². The third-order valence-electron chi connectivity index (χ3n) is 1.42. The Morgan fingerprint density at radius 3 is 2.73 bits per heavy atom. The van der Waals surface area contributed by atoms with Crippen molar-refractivity contribution in [3.8, 4) is 0 Å². The average Bonchev–Trinajstić information content (AvgIpc) is 1.95. The van der Waals surface area contributed by atoms with Gasteiger partial charge in [0.2, 0.25) is 0 Å². The molecule has 0 aliphatic carbocycles. The van der Waals surface area contributed by atoms with Gasteiger partial charge in [0.05, 0.1) is 0 Å². The largest absolute Gasteiger partial charge is 0.207 e. The minimum Gasteiger partial charge on any atom is -0.207 e. The molecule has 0 aliphatic rings. The van der Waals surface area contributed by atoms with Crippen molar-refractivity contribution in [1.82, 2.24) is 0 Å². The third kappa shape index (κ3) is 1.98. The Labute approximate surface area is 63.5 Å². The molecule has 1 rings (SSSR count). The number of hydrogen-bond donors (Lipinski definition) is 0. The lowest BCUT2D eigenvalue weighted by atomic mass is 10.1. The van der Waals surface area contributed by atoms with Crippen LogP contribution in [0.2, 0.25) is 0 Å². The molecule has 0 saturated heterocycles. The molecule has 3 heteroatoms. The van der Waals surface area contributed by atoms with Crippen LogP contribution in [0.15, 0.2) is 18.2 Å². The fraction of sp³-hybridized carbons (Fsp3) is 0.250. The fourth-order valence-corrected chi connectivity index (χ4v) is 0.828. The first kappa shape index (κ1) is 8.14. The lowest BCUT2D eigenvalue weighted by Crippen LogP contribution is -1.90. The van der Waals surface area contributed by atoms with Crippen LogP contribution in [0.4, 0.5) is 8.92 Å². The van der Waals surface area contributed by atoms with E-state index in [1.807, 2.05) is 0 Å². The second-order valence-corrected chi connectivity index (χ2v) is 2.35. The van der Waals surface area contributed by atoms with E-state index in [-0.39, 0.29) is 12.2 Å². The summed E-state index contributed by atoms with van der Waals surface area (Å²) in [6.45, 7) is 1.44. The minimum absolute atomic E-state index is 0.234. The van der Waals surface area contributed by atoms with E-state index in [1.54, 1.807) is 13.0 Å². The van der Waals surface area contributed by atoms with Crippen molar-refractivity contribution in [3.05, 3.63) is 35.1 Å². The molecular weight excluding hydrogens is 150 g/mol. The van der Waals surface area contributed by atoms with Crippen molar-refractivity contribution in [1.29, 1.82) is 0 Å². The van der Waals surface area contributed by atoms with Gasteiger partial charge in [0, 0.05) is 5.56 Å². The zero-order chi connectivity index (χ0) is 8.27. The fourth-order valence-electron chi connectivity index (χ4n) is 0.828. The Kier molecular flexibility index (Phi) is 2.54. The van der Waals surface area contributed by atoms with Gasteiger partial charge in [-0.2, -0.15) is 4.94 Å².